The summed E-state index contributed by atoms with van der Waals surface area (Å²) in [6.45, 7) is 1.74. The van der Waals surface area contributed by atoms with Crippen LogP contribution in [0.5, 0.6) is 0 Å². The van der Waals surface area contributed by atoms with Gasteiger partial charge in [0.1, 0.15) is 5.76 Å². The number of likely N-dealkylation sites (tertiary alicyclic amines) is 1. The van der Waals surface area contributed by atoms with Crippen molar-refractivity contribution in [1.29, 1.82) is 0 Å². The number of rotatable bonds is 3. The van der Waals surface area contributed by atoms with E-state index >= 15 is 0 Å². The molecule has 0 aromatic carbocycles. The van der Waals surface area contributed by atoms with Gasteiger partial charge in [0.15, 0.2) is 5.76 Å². The van der Waals surface area contributed by atoms with Crippen LogP contribution < -0.4 is 0 Å². The Morgan fingerprint density at radius 3 is 2.65 bits per heavy atom. The monoisotopic (exact) mass is 253 g/mol. The second-order valence-electron chi connectivity index (χ2n) is 4.41. The zero-order valence-electron chi connectivity index (χ0n) is 10.3. The van der Waals surface area contributed by atoms with Crippen LogP contribution in [0.2, 0.25) is 0 Å². The van der Waals surface area contributed by atoms with E-state index in [1.807, 2.05) is 17.2 Å². The third-order valence-corrected chi connectivity index (χ3v) is 3.63. The second kappa shape index (κ2) is 6.15. The molecular formula is C13H19NO2S. The minimum atomic E-state index is 0.0549. The maximum Gasteiger partial charge on any atom is 0.289 e. The molecule has 1 aromatic rings. The third-order valence-electron chi connectivity index (χ3n) is 3.05. The van der Waals surface area contributed by atoms with Crippen molar-refractivity contribution in [1.82, 2.24) is 4.90 Å². The van der Waals surface area contributed by atoms with Crippen molar-refractivity contribution in [3.8, 4) is 0 Å². The van der Waals surface area contributed by atoms with E-state index in [9.17, 15) is 4.79 Å². The van der Waals surface area contributed by atoms with Gasteiger partial charge in [-0.15, -0.1) is 0 Å². The molecule has 0 atom stereocenters. The third kappa shape index (κ3) is 3.28. The van der Waals surface area contributed by atoms with E-state index in [0.29, 0.717) is 5.76 Å². The summed E-state index contributed by atoms with van der Waals surface area (Å²) in [7, 11) is 0. The molecule has 0 N–H and O–H groups in total. The molecule has 1 aliphatic heterocycles. The summed E-state index contributed by atoms with van der Waals surface area (Å²) in [5, 5.41) is 0. The van der Waals surface area contributed by atoms with E-state index in [-0.39, 0.29) is 5.91 Å². The average molecular weight is 253 g/mol. The molecule has 1 fully saturated rings. The molecule has 0 radical (unpaired) electrons. The lowest BCUT2D eigenvalue weighted by Gasteiger charge is -2.18. The van der Waals surface area contributed by atoms with Crippen molar-refractivity contribution < 1.29 is 9.21 Å². The van der Waals surface area contributed by atoms with Crippen molar-refractivity contribution in [2.45, 2.75) is 31.4 Å². The summed E-state index contributed by atoms with van der Waals surface area (Å²) in [5.74, 6) is 2.26. The van der Waals surface area contributed by atoms with Gasteiger partial charge in [0, 0.05) is 13.1 Å². The molecule has 2 rings (SSSR count). The van der Waals surface area contributed by atoms with E-state index < -0.39 is 0 Å². The highest BCUT2D eigenvalue weighted by molar-refractivity contribution is 7.97. The number of thioether (sulfide) groups is 1. The molecule has 0 saturated carbocycles. The fourth-order valence-corrected chi connectivity index (χ4v) is 2.58. The van der Waals surface area contributed by atoms with Crippen LogP contribution in [0.1, 0.15) is 42.0 Å². The van der Waals surface area contributed by atoms with Gasteiger partial charge in [-0.05, 0) is 31.2 Å². The molecule has 0 unspecified atom stereocenters. The molecule has 4 heteroatoms. The van der Waals surface area contributed by atoms with Crippen LogP contribution in [0.4, 0.5) is 0 Å². The number of furan rings is 1. The van der Waals surface area contributed by atoms with Gasteiger partial charge in [-0.1, -0.05) is 12.8 Å². The summed E-state index contributed by atoms with van der Waals surface area (Å²) >= 11 is 1.70. The van der Waals surface area contributed by atoms with Gasteiger partial charge in [-0.3, -0.25) is 4.79 Å². The lowest BCUT2D eigenvalue weighted by atomic mass is 10.2. The molecule has 2 heterocycles. The predicted octanol–water partition coefficient (Wildman–Crippen LogP) is 3.16. The van der Waals surface area contributed by atoms with Crippen LogP contribution in [0.15, 0.2) is 16.5 Å². The standard InChI is InChI=1S/C13H19NO2S/c1-17-10-11-6-7-12(16-11)13(15)14-8-4-2-3-5-9-14/h6-7H,2-5,8-10H2,1H3. The van der Waals surface area contributed by atoms with Crippen LogP contribution in [0.3, 0.4) is 0 Å². The first-order valence-corrected chi connectivity index (χ1v) is 7.57. The number of amides is 1. The van der Waals surface area contributed by atoms with E-state index in [1.165, 1.54) is 12.8 Å². The highest BCUT2D eigenvalue weighted by Crippen LogP contribution is 2.17. The maximum atomic E-state index is 12.2. The minimum absolute atomic E-state index is 0.0549. The Morgan fingerprint density at radius 2 is 2.00 bits per heavy atom. The van der Waals surface area contributed by atoms with Gasteiger partial charge in [-0.25, -0.2) is 0 Å². The van der Waals surface area contributed by atoms with Gasteiger partial charge in [0.25, 0.3) is 5.91 Å². The van der Waals surface area contributed by atoms with Gasteiger partial charge in [0.05, 0.1) is 5.75 Å². The Bertz CT molecular complexity index is 367. The van der Waals surface area contributed by atoms with E-state index in [1.54, 1.807) is 17.8 Å². The van der Waals surface area contributed by atoms with Crippen molar-refractivity contribution >= 4 is 17.7 Å². The lowest BCUT2D eigenvalue weighted by Crippen LogP contribution is -2.31. The van der Waals surface area contributed by atoms with Crippen LogP contribution in [0.25, 0.3) is 0 Å². The first-order chi connectivity index (χ1) is 8.31. The van der Waals surface area contributed by atoms with Crippen LogP contribution >= 0.6 is 11.8 Å². The summed E-state index contributed by atoms with van der Waals surface area (Å²) in [6, 6.07) is 3.71. The predicted molar refractivity (Wildman–Crippen MR) is 70.3 cm³/mol. The number of carbonyl (C=O) groups excluding carboxylic acids is 1. The molecular weight excluding hydrogens is 234 g/mol. The SMILES string of the molecule is CSCc1ccc(C(=O)N2CCCCCC2)o1. The molecule has 0 aliphatic carbocycles. The van der Waals surface area contributed by atoms with Gasteiger partial charge in [-0.2, -0.15) is 11.8 Å². The molecule has 17 heavy (non-hydrogen) atoms. The quantitative estimate of drug-likeness (QED) is 0.829. The fraction of sp³-hybridized carbons (Fsp3) is 0.615. The number of nitrogens with zero attached hydrogens (tertiary/aromatic N) is 1. The van der Waals surface area contributed by atoms with Gasteiger partial charge >= 0.3 is 0 Å². The van der Waals surface area contributed by atoms with E-state index in [2.05, 4.69) is 0 Å². The minimum Gasteiger partial charge on any atom is -0.455 e. The number of hydrogen-bond acceptors (Lipinski definition) is 3. The van der Waals surface area contributed by atoms with Crippen molar-refractivity contribution in [3.05, 3.63) is 23.7 Å². The van der Waals surface area contributed by atoms with E-state index in [4.69, 9.17) is 4.42 Å². The first-order valence-electron chi connectivity index (χ1n) is 6.18. The van der Waals surface area contributed by atoms with Crippen LogP contribution in [-0.2, 0) is 5.75 Å². The zero-order valence-corrected chi connectivity index (χ0v) is 11.1. The Morgan fingerprint density at radius 1 is 1.29 bits per heavy atom. The largest absolute Gasteiger partial charge is 0.455 e. The molecule has 1 aliphatic rings. The number of carbonyl (C=O) groups is 1. The summed E-state index contributed by atoms with van der Waals surface area (Å²) in [5.41, 5.74) is 0. The lowest BCUT2D eigenvalue weighted by molar-refractivity contribution is 0.0728. The summed E-state index contributed by atoms with van der Waals surface area (Å²) in [6.07, 6.45) is 6.73. The normalized spacial score (nSPS) is 16.9. The van der Waals surface area contributed by atoms with Crippen molar-refractivity contribution in [3.63, 3.8) is 0 Å². The van der Waals surface area contributed by atoms with Gasteiger partial charge in [0.2, 0.25) is 0 Å². The first kappa shape index (κ1) is 12.6. The Kier molecular flexibility index (Phi) is 4.54. The average Bonchev–Trinajstić information content (AvgIpc) is 2.64. The van der Waals surface area contributed by atoms with Crippen LogP contribution in [-0.4, -0.2) is 30.2 Å². The fourth-order valence-electron chi connectivity index (χ4n) is 2.14. The topological polar surface area (TPSA) is 33.5 Å². The highest BCUT2D eigenvalue weighted by atomic mass is 32.2. The zero-order chi connectivity index (χ0) is 12.1. The molecule has 1 aromatic heterocycles. The molecule has 1 saturated heterocycles. The second-order valence-corrected chi connectivity index (χ2v) is 5.27. The van der Waals surface area contributed by atoms with Gasteiger partial charge < -0.3 is 9.32 Å². The van der Waals surface area contributed by atoms with Crippen molar-refractivity contribution in [2.75, 3.05) is 19.3 Å². The van der Waals surface area contributed by atoms with E-state index in [0.717, 1.165) is 37.4 Å². The summed E-state index contributed by atoms with van der Waals surface area (Å²) in [4.78, 5) is 14.1. The molecule has 1 amide bonds. The highest BCUT2D eigenvalue weighted by Gasteiger charge is 2.20. The smallest absolute Gasteiger partial charge is 0.289 e. The molecule has 3 nitrogen and oxygen atoms in total. The Balaban J connectivity index is 2.01. The summed E-state index contributed by atoms with van der Waals surface area (Å²) < 4.78 is 5.57. The number of hydrogen-bond donors (Lipinski definition) is 0. The molecule has 0 bridgehead atoms. The van der Waals surface area contributed by atoms with Crippen molar-refractivity contribution in [2.24, 2.45) is 0 Å². The maximum absolute atomic E-state index is 12.2. The van der Waals surface area contributed by atoms with Crippen LogP contribution in [0, 0.1) is 0 Å². The Hall–Kier alpha value is -0.900. The molecule has 94 valence electrons. The Labute approximate surface area is 107 Å². The molecule has 0 spiro atoms.